The number of hydrogen-bond donors (Lipinski definition) is 1. The molecular formula is C13H20N4O2. The van der Waals surface area contributed by atoms with E-state index in [2.05, 4.69) is 10.2 Å². The fourth-order valence-corrected chi connectivity index (χ4v) is 2.49. The number of carbonyl (C=O) groups excluding carboxylic acids is 2. The van der Waals surface area contributed by atoms with Gasteiger partial charge < -0.3 is 9.80 Å². The molecule has 6 heteroatoms. The van der Waals surface area contributed by atoms with Crippen LogP contribution in [0.3, 0.4) is 0 Å². The van der Waals surface area contributed by atoms with Crippen molar-refractivity contribution >= 4 is 11.8 Å². The Morgan fingerprint density at radius 2 is 2.37 bits per heavy atom. The standard InChI is InChI=1S/C13H20N4O2/c1-10(18)17-5-3-4-12(9-17)13(19)16(2)8-11-6-14-15-7-11/h6-7,12H,3-5,8-9H2,1-2H3,(H,14,15). The number of nitrogens with one attached hydrogen (secondary N) is 1. The fraction of sp³-hybridized carbons (Fsp3) is 0.615. The molecule has 1 unspecified atom stereocenters. The van der Waals surface area contributed by atoms with Gasteiger partial charge in [-0.1, -0.05) is 0 Å². The Morgan fingerprint density at radius 1 is 1.58 bits per heavy atom. The van der Waals surface area contributed by atoms with Crippen molar-refractivity contribution in [3.05, 3.63) is 18.0 Å². The van der Waals surface area contributed by atoms with Crippen molar-refractivity contribution in [2.45, 2.75) is 26.3 Å². The van der Waals surface area contributed by atoms with Crippen LogP contribution < -0.4 is 0 Å². The average Bonchev–Trinajstić information content (AvgIpc) is 2.90. The van der Waals surface area contributed by atoms with Gasteiger partial charge in [0, 0.05) is 45.4 Å². The van der Waals surface area contributed by atoms with Crippen LogP contribution in [-0.2, 0) is 16.1 Å². The third-order valence-electron chi connectivity index (χ3n) is 3.57. The van der Waals surface area contributed by atoms with E-state index in [1.165, 1.54) is 0 Å². The first kappa shape index (κ1) is 13.6. The Morgan fingerprint density at radius 3 is 3.00 bits per heavy atom. The number of likely N-dealkylation sites (tertiary alicyclic amines) is 1. The summed E-state index contributed by atoms with van der Waals surface area (Å²) in [7, 11) is 1.79. The van der Waals surface area contributed by atoms with Crippen molar-refractivity contribution in [3.8, 4) is 0 Å². The zero-order valence-corrected chi connectivity index (χ0v) is 11.4. The van der Waals surface area contributed by atoms with Crippen LogP contribution in [0.5, 0.6) is 0 Å². The molecule has 1 fully saturated rings. The van der Waals surface area contributed by atoms with Crippen molar-refractivity contribution in [1.82, 2.24) is 20.0 Å². The Labute approximate surface area is 112 Å². The predicted molar refractivity (Wildman–Crippen MR) is 70.0 cm³/mol. The minimum absolute atomic E-state index is 0.0509. The molecule has 1 N–H and O–H groups in total. The summed E-state index contributed by atoms with van der Waals surface area (Å²) in [6.45, 7) is 3.42. The van der Waals surface area contributed by atoms with E-state index in [9.17, 15) is 9.59 Å². The summed E-state index contributed by atoms with van der Waals surface area (Å²) >= 11 is 0. The summed E-state index contributed by atoms with van der Waals surface area (Å²) in [5, 5.41) is 6.60. The molecule has 0 saturated carbocycles. The molecule has 19 heavy (non-hydrogen) atoms. The molecule has 0 radical (unpaired) electrons. The summed E-state index contributed by atoms with van der Waals surface area (Å²) in [5.74, 6) is 0.0803. The Balaban J connectivity index is 1.93. The predicted octanol–water partition coefficient (Wildman–Crippen LogP) is 0.627. The molecule has 1 aromatic rings. The van der Waals surface area contributed by atoms with E-state index in [1.807, 2.05) is 0 Å². The maximum absolute atomic E-state index is 12.3. The lowest BCUT2D eigenvalue weighted by Crippen LogP contribution is -2.45. The number of amides is 2. The summed E-state index contributed by atoms with van der Waals surface area (Å²) in [6, 6.07) is 0. The first-order valence-electron chi connectivity index (χ1n) is 6.56. The number of nitrogens with zero attached hydrogens (tertiary/aromatic N) is 3. The molecule has 1 aliphatic heterocycles. The van der Waals surface area contributed by atoms with Crippen molar-refractivity contribution in [2.24, 2.45) is 5.92 Å². The van der Waals surface area contributed by atoms with Gasteiger partial charge in [-0.05, 0) is 12.8 Å². The van der Waals surface area contributed by atoms with E-state index in [0.29, 0.717) is 13.1 Å². The monoisotopic (exact) mass is 264 g/mol. The van der Waals surface area contributed by atoms with E-state index in [4.69, 9.17) is 0 Å². The van der Waals surface area contributed by atoms with Crippen molar-refractivity contribution in [2.75, 3.05) is 20.1 Å². The molecule has 2 rings (SSSR count). The molecular weight excluding hydrogens is 244 g/mol. The van der Waals surface area contributed by atoms with Gasteiger partial charge in [0.05, 0.1) is 12.1 Å². The molecule has 2 amide bonds. The second-order valence-electron chi connectivity index (χ2n) is 5.11. The largest absolute Gasteiger partial charge is 0.342 e. The number of H-pyrrole nitrogens is 1. The summed E-state index contributed by atoms with van der Waals surface area (Å²) in [6.07, 6.45) is 5.26. The van der Waals surface area contributed by atoms with E-state index in [-0.39, 0.29) is 17.7 Å². The van der Waals surface area contributed by atoms with E-state index < -0.39 is 0 Å². The number of aromatic amines is 1. The Hall–Kier alpha value is -1.85. The zero-order valence-electron chi connectivity index (χ0n) is 11.4. The maximum atomic E-state index is 12.3. The number of aromatic nitrogens is 2. The average molecular weight is 264 g/mol. The van der Waals surface area contributed by atoms with Crippen LogP contribution in [0.4, 0.5) is 0 Å². The minimum atomic E-state index is -0.0745. The lowest BCUT2D eigenvalue weighted by Gasteiger charge is -2.33. The van der Waals surface area contributed by atoms with Gasteiger partial charge in [-0.25, -0.2) is 0 Å². The van der Waals surface area contributed by atoms with Crippen molar-refractivity contribution < 1.29 is 9.59 Å². The molecule has 0 aromatic carbocycles. The highest BCUT2D eigenvalue weighted by Crippen LogP contribution is 2.19. The number of hydrogen-bond acceptors (Lipinski definition) is 3. The van der Waals surface area contributed by atoms with Gasteiger partial charge in [-0.2, -0.15) is 5.10 Å². The van der Waals surface area contributed by atoms with Gasteiger partial charge in [-0.15, -0.1) is 0 Å². The molecule has 1 aliphatic rings. The second-order valence-corrected chi connectivity index (χ2v) is 5.11. The van der Waals surface area contributed by atoms with Crippen LogP contribution in [0.1, 0.15) is 25.3 Å². The van der Waals surface area contributed by atoms with Crippen LogP contribution in [0.15, 0.2) is 12.4 Å². The Kier molecular flexibility index (Phi) is 4.19. The van der Waals surface area contributed by atoms with E-state index in [1.54, 1.807) is 36.2 Å². The first-order valence-corrected chi connectivity index (χ1v) is 6.56. The van der Waals surface area contributed by atoms with Crippen molar-refractivity contribution in [1.29, 1.82) is 0 Å². The summed E-state index contributed by atoms with van der Waals surface area (Å²) in [4.78, 5) is 27.2. The number of piperidine rings is 1. The van der Waals surface area contributed by atoms with Gasteiger partial charge in [0.2, 0.25) is 11.8 Å². The lowest BCUT2D eigenvalue weighted by atomic mass is 9.96. The molecule has 1 aromatic heterocycles. The third kappa shape index (κ3) is 3.33. The van der Waals surface area contributed by atoms with E-state index in [0.717, 1.165) is 24.9 Å². The molecule has 0 spiro atoms. The smallest absolute Gasteiger partial charge is 0.227 e. The lowest BCUT2D eigenvalue weighted by molar-refractivity contribution is -0.139. The fourth-order valence-electron chi connectivity index (χ4n) is 2.49. The van der Waals surface area contributed by atoms with Crippen LogP contribution >= 0.6 is 0 Å². The molecule has 1 saturated heterocycles. The number of rotatable bonds is 3. The SMILES string of the molecule is CC(=O)N1CCCC(C(=O)N(C)Cc2cn[nH]c2)C1. The second kappa shape index (κ2) is 5.86. The van der Waals surface area contributed by atoms with Crippen LogP contribution in [0.2, 0.25) is 0 Å². The highest BCUT2D eigenvalue weighted by molar-refractivity contribution is 5.80. The summed E-state index contributed by atoms with van der Waals surface area (Å²) < 4.78 is 0. The highest BCUT2D eigenvalue weighted by atomic mass is 16.2. The van der Waals surface area contributed by atoms with Crippen LogP contribution in [-0.4, -0.2) is 51.9 Å². The Bertz CT molecular complexity index is 444. The zero-order chi connectivity index (χ0) is 13.8. The molecule has 2 heterocycles. The number of carbonyl (C=O) groups is 2. The maximum Gasteiger partial charge on any atom is 0.227 e. The summed E-state index contributed by atoms with van der Waals surface area (Å²) in [5.41, 5.74) is 0.982. The molecule has 6 nitrogen and oxygen atoms in total. The normalized spacial score (nSPS) is 19.3. The van der Waals surface area contributed by atoms with E-state index >= 15 is 0 Å². The van der Waals surface area contributed by atoms with Gasteiger partial charge in [-0.3, -0.25) is 14.7 Å². The molecule has 104 valence electrons. The minimum Gasteiger partial charge on any atom is -0.342 e. The van der Waals surface area contributed by atoms with Crippen LogP contribution in [0, 0.1) is 5.92 Å². The molecule has 0 bridgehead atoms. The van der Waals surface area contributed by atoms with Gasteiger partial charge >= 0.3 is 0 Å². The van der Waals surface area contributed by atoms with Gasteiger partial charge in [0.15, 0.2) is 0 Å². The first-order chi connectivity index (χ1) is 9.08. The topological polar surface area (TPSA) is 69.3 Å². The molecule has 0 aliphatic carbocycles. The quantitative estimate of drug-likeness (QED) is 0.870. The van der Waals surface area contributed by atoms with Crippen molar-refractivity contribution in [3.63, 3.8) is 0 Å². The molecule has 1 atom stereocenters. The van der Waals surface area contributed by atoms with Crippen LogP contribution in [0.25, 0.3) is 0 Å². The third-order valence-corrected chi connectivity index (χ3v) is 3.57. The highest BCUT2D eigenvalue weighted by Gasteiger charge is 2.28. The van der Waals surface area contributed by atoms with Gasteiger partial charge in [0.25, 0.3) is 0 Å². The van der Waals surface area contributed by atoms with Gasteiger partial charge in [0.1, 0.15) is 0 Å².